The molecular formula is C20H26N4. The summed E-state index contributed by atoms with van der Waals surface area (Å²) in [6.07, 6.45) is 6.98. The average molecular weight is 322 g/mol. The van der Waals surface area contributed by atoms with Crippen LogP contribution in [0.1, 0.15) is 54.6 Å². The topological polar surface area (TPSA) is 41.1 Å². The molecule has 2 aliphatic rings. The number of rotatable bonds is 6. The summed E-state index contributed by atoms with van der Waals surface area (Å²) < 4.78 is 0. The van der Waals surface area contributed by atoms with Gasteiger partial charge in [0.15, 0.2) is 0 Å². The van der Waals surface area contributed by atoms with E-state index in [0.29, 0.717) is 12.0 Å². The van der Waals surface area contributed by atoms with Crippen LogP contribution in [-0.2, 0) is 0 Å². The lowest BCUT2D eigenvalue weighted by Gasteiger charge is -2.28. The Morgan fingerprint density at radius 2 is 1.88 bits per heavy atom. The second-order valence-electron chi connectivity index (χ2n) is 7.12. The van der Waals surface area contributed by atoms with E-state index >= 15 is 0 Å². The Morgan fingerprint density at radius 3 is 2.58 bits per heavy atom. The van der Waals surface area contributed by atoms with Gasteiger partial charge in [-0.1, -0.05) is 29.8 Å². The van der Waals surface area contributed by atoms with Crippen molar-refractivity contribution in [1.29, 1.82) is 0 Å². The van der Waals surface area contributed by atoms with Crippen LogP contribution in [0.2, 0.25) is 0 Å². The molecule has 4 rings (SSSR count). The lowest BCUT2D eigenvalue weighted by Crippen LogP contribution is -2.31. The third-order valence-corrected chi connectivity index (χ3v) is 5.14. The molecule has 1 saturated carbocycles. The van der Waals surface area contributed by atoms with Gasteiger partial charge in [0.05, 0.1) is 6.04 Å². The molecule has 4 nitrogen and oxygen atoms in total. The van der Waals surface area contributed by atoms with E-state index in [9.17, 15) is 0 Å². The van der Waals surface area contributed by atoms with E-state index in [-0.39, 0.29) is 0 Å². The van der Waals surface area contributed by atoms with Crippen molar-refractivity contribution in [3.8, 4) is 0 Å². The van der Waals surface area contributed by atoms with Gasteiger partial charge in [-0.25, -0.2) is 9.97 Å². The number of likely N-dealkylation sites (tertiary alicyclic amines) is 1. The van der Waals surface area contributed by atoms with Crippen LogP contribution in [-0.4, -0.2) is 34.5 Å². The molecule has 1 aromatic carbocycles. The van der Waals surface area contributed by atoms with Crippen molar-refractivity contribution >= 4 is 5.82 Å². The Kier molecular flexibility index (Phi) is 4.48. The highest BCUT2D eigenvalue weighted by Crippen LogP contribution is 2.38. The Hall–Kier alpha value is -1.94. The summed E-state index contributed by atoms with van der Waals surface area (Å²) in [4.78, 5) is 11.7. The van der Waals surface area contributed by atoms with Gasteiger partial charge in [-0.2, -0.15) is 0 Å². The summed E-state index contributed by atoms with van der Waals surface area (Å²) >= 11 is 0. The molecule has 24 heavy (non-hydrogen) atoms. The minimum atomic E-state index is 0.410. The van der Waals surface area contributed by atoms with Gasteiger partial charge >= 0.3 is 0 Å². The van der Waals surface area contributed by atoms with Crippen molar-refractivity contribution < 1.29 is 0 Å². The standard InChI is InChI=1S/C20H26N4/c1-15-4-6-16(7-5-15)18(24-12-2-3-13-24)14-22-19-10-11-21-20(23-19)17-8-9-17/h4-7,10-11,17-18H,2-3,8-9,12-14H2,1H3,(H,21,22,23). The molecular weight excluding hydrogens is 296 g/mol. The Balaban J connectivity index is 1.49. The molecule has 1 N–H and O–H groups in total. The molecule has 1 atom stereocenters. The summed E-state index contributed by atoms with van der Waals surface area (Å²) in [6, 6.07) is 11.4. The van der Waals surface area contributed by atoms with Crippen LogP contribution in [0.25, 0.3) is 0 Å². The molecule has 2 heterocycles. The zero-order valence-electron chi connectivity index (χ0n) is 14.4. The molecule has 2 fully saturated rings. The van der Waals surface area contributed by atoms with Gasteiger partial charge < -0.3 is 5.32 Å². The van der Waals surface area contributed by atoms with Gasteiger partial charge in [-0.3, -0.25) is 4.90 Å². The van der Waals surface area contributed by atoms with Crippen molar-refractivity contribution in [2.75, 3.05) is 25.0 Å². The molecule has 1 aliphatic carbocycles. The highest BCUT2D eigenvalue weighted by atomic mass is 15.2. The Labute approximate surface area is 144 Å². The van der Waals surface area contributed by atoms with E-state index in [1.165, 1.54) is 49.9 Å². The zero-order valence-corrected chi connectivity index (χ0v) is 14.4. The summed E-state index contributed by atoms with van der Waals surface area (Å²) in [5.74, 6) is 2.56. The number of hydrogen-bond donors (Lipinski definition) is 1. The van der Waals surface area contributed by atoms with Crippen molar-refractivity contribution in [2.45, 2.75) is 44.6 Å². The molecule has 4 heteroatoms. The number of anilines is 1. The fourth-order valence-corrected chi connectivity index (χ4v) is 3.51. The smallest absolute Gasteiger partial charge is 0.133 e. The van der Waals surface area contributed by atoms with Crippen LogP contribution in [0.15, 0.2) is 36.5 Å². The predicted octanol–water partition coefficient (Wildman–Crippen LogP) is 3.91. The predicted molar refractivity (Wildman–Crippen MR) is 97.2 cm³/mol. The monoisotopic (exact) mass is 322 g/mol. The molecule has 0 spiro atoms. The second-order valence-corrected chi connectivity index (χ2v) is 7.12. The molecule has 0 radical (unpaired) electrons. The second kappa shape index (κ2) is 6.89. The highest BCUT2D eigenvalue weighted by molar-refractivity contribution is 5.35. The number of aryl methyl sites for hydroxylation is 1. The van der Waals surface area contributed by atoms with Crippen molar-refractivity contribution in [3.05, 3.63) is 53.5 Å². The van der Waals surface area contributed by atoms with E-state index in [0.717, 1.165) is 18.2 Å². The third-order valence-electron chi connectivity index (χ3n) is 5.14. The first-order chi connectivity index (χ1) is 11.8. The summed E-state index contributed by atoms with van der Waals surface area (Å²) in [7, 11) is 0. The number of benzene rings is 1. The molecule has 1 unspecified atom stereocenters. The average Bonchev–Trinajstić information content (AvgIpc) is 3.33. The van der Waals surface area contributed by atoms with E-state index in [2.05, 4.69) is 46.4 Å². The van der Waals surface area contributed by atoms with Crippen LogP contribution in [0, 0.1) is 6.92 Å². The molecule has 1 aliphatic heterocycles. The van der Waals surface area contributed by atoms with Gasteiger partial charge in [-0.15, -0.1) is 0 Å². The van der Waals surface area contributed by atoms with Crippen molar-refractivity contribution in [2.24, 2.45) is 0 Å². The SMILES string of the molecule is Cc1ccc(C(CNc2ccnc(C3CC3)n2)N2CCCC2)cc1. The lowest BCUT2D eigenvalue weighted by atomic mass is 10.0. The van der Waals surface area contributed by atoms with E-state index < -0.39 is 0 Å². The van der Waals surface area contributed by atoms with Gasteiger partial charge in [0, 0.05) is 18.7 Å². The molecule has 0 bridgehead atoms. The van der Waals surface area contributed by atoms with Crippen LogP contribution < -0.4 is 5.32 Å². The van der Waals surface area contributed by atoms with Gasteiger partial charge in [0.1, 0.15) is 11.6 Å². The highest BCUT2D eigenvalue weighted by Gasteiger charge is 2.27. The quantitative estimate of drug-likeness (QED) is 0.875. The minimum absolute atomic E-state index is 0.410. The van der Waals surface area contributed by atoms with Crippen LogP contribution in [0.5, 0.6) is 0 Å². The summed E-state index contributed by atoms with van der Waals surface area (Å²) in [5, 5.41) is 3.57. The number of hydrogen-bond acceptors (Lipinski definition) is 4. The normalized spacial score (nSPS) is 19.4. The summed E-state index contributed by atoms with van der Waals surface area (Å²) in [5.41, 5.74) is 2.71. The van der Waals surface area contributed by atoms with Gasteiger partial charge in [0.2, 0.25) is 0 Å². The first-order valence-corrected chi connectivity index (χ1v) is 9.17. The minimum Gasteiger partial charge on any atom is -0.368 e. The van der Waals surface area contributed by atoms with E-state index in [4.69, 9.17) is 4.98 Å². The third kappa shape index (κ3) is 3.59. The van der Waals surface area contributed by atoms with Crippen molar-refractivity contribution in [3.63, 3.8) is 0 Å². The first kappa shape index (κ1) is 15.6. The van der Waals surface area contributed by atoms with E-state index in [1.807, 2.05) is 12.3 Å². The maximum Gasteiger partial charge on any atom is 0.133 e. The van der Waals surface area contributed by atoms with Gasteiger partial charge in [-0.05, 0) is 57.3 Å². The number of nitrogens with one attached hydrogen (secondary N) is 1. The van der Waals surface area contributed by atoms with Crippen LogP contribution >= 0.6 is 0 Å². The Morgan fingerprint density at radius 1 is 1.12 bits per heavy atom. The zero-order chi connectivity index (χ0) is 16.4. The van der Waals surface area contributed by atoms with Crippen molar-refractivity contribution in [1.82, 2.24) is 14.9 Å². The van der Waals surface area contributed by atoms with Crippen LogP contribution in [0.4, 0.5) is 5.82 Å². The molecule has 1 saturated heterocycles. The molecule has 0 amide bonds. The maximum absolute atomic E-state index is 4.70. The molecule has 2 aromatic rings. The number of aromatic nitrogens is 2. The first-order valence-electron chi connectivity index (χ1n) is 9.17. The molecule has 1 aromatic heterocycles. The fourth-order valence-electron chi connectivity index (χ4n) is 3.51. The van der Waals surface area contributed by atoms with Gasteiger partial charge in [0.25, 0.3) is 0 Å². The maximum atomic E-state index is 4.70. The fraction of sp³-hybridized carbons (Fsp3) is 0.500. The van der Waals surface area contributed by atoms with E-state index in [1.54, 1.807) is 0 Å². The van der Waals surface area contributed by atoms with Crippen LogP contribution in [0.3, 0.4) is 0 Å². The molecule has 126 valence electrons. The lowest BCUT2D eigenvalue weighted by molar-refractivity contribution is 0.256. The summed E-state index contributed by atoms with van der Waals surface area (Å²) in [6.45, 7) is 5.42. The number of nitrogens with zero attached hydrogens (tertiary/aromatic N) is 3. The largest absolute Gasteiger partial charge is 0.368 e. The Bertz CT molecular complexity index is 672.